The van der Waals surface area contributed by atoms with Crippen molar-refractivity contribution in [3.8, 4) is 0 Å². The van der Waals surface area contributed by atoms with E-state index < -0.39 is 0 Å². The van der Waals surface area contributed by atoms with Crippen molar-refractivity contribution in [2.75, 3.05) is 6.26 Å². The molecule has 0 saturated heterocycles. The van der Waals surface area contributed by atoms with Gasteiger partial charge in [-0.1, -0.05) is 23.4 Å². The Bertz CT molecular complexity index is 452. The highest BCUT2D eigenvalue weighted by Crippen LogP contribution is 2.26. The van der Waals surface area contributed by atoms with Crippen molar-refractivity contribution in [3.05, 3.63) is 22.7 Å². The fourth-order valence-corrected chi connectivity index (χ4v) is 1.84. The van der Waals surface area contributed by atoms with Gasteiger partial charge in [0.2, 0.25) is 0 Å². The number of aryl methyl sites for hydroxylation is 1. The Hall–Kier alpha value is -0.670. The molecule has 13 heavy (non-hydrogen) atoms. The van der Waals surface area contributed by atoms with Crippen LogP contribution >= 0.6 is 23.4 Å². The molecule has 0 aliphatic rings. The van der Waals surface area contributed by atoms with Gasteiger partial charge in [0.25, 0.3) is 5.22 Å². The summed E-state index contributed by atoms with van der Waals surface area (Å²) in [5.74, 6) is 0. The van der Waals surface area contributed by atoms with Gasteiger partial charge in [-0.15, -0.1) is 0 Å². The van der Waals surface area contributed by atoms with E-state index in [1.807, 2.05) is 19.2 Å². The normalized spacial score (nSPS) is 11.0. The number of rotatable bonds is 1. The number of aromatic nitrogens is 1. The number of nitrogens with zero attached hydrogens (tertiary/aromatic N) is 1. The number of hydrogen-bond acceptors (Lipinski definition) is 3. The Balaban J connectivity index is 2.75. The summed E-state index contributed by atoms with van der Waals surface area (Å²) >= 11 is 7.37. The zero-order valence-electron chi connectivity index (χ0n) is 7.30. The smallest absolute Gasteiger partial charge is 0.256 e. The van der Waals surface area contributed by atoms with Crippen molar-refractivity contribution in [1.29, 1.82) is 0 Å². The summed E-state index contributed by atoms with van der Waals surface area (Å²) in [5, 5.41) is 1.37. The zero-order chi connectivity index (χ0) is 9.42. The summed E-state index contributed by atoms with van der Waals surface area (Å²) in [7, 11) is 0. The van der Waals surface area contributed by atoms with Gasteiger partial charge in [-0.25, -0.2) is 4.98 Å². The lowest BCUT2D eigenvalue weighted by Crippen LogP contribution is -1.76. The summed E-state index contributed by atoms with van der Waals surface area (Å²) in [5.41, 5.74) is 2.70. The number of hydrogen-bond donors (Lipinski definition) is 0. The van der Waals surface area contributed by atoms with Gasteiger partial charge in [0.1, 0.15) is 5.52 Å². The van der Waals surface area contributed by atoms with Gasteiger partial charge in [-0.2, -0.15) is 0 Å². The number of benzene rings is 1. The minimum Gasteiger partial charge on any atom is -0.431 e. The average molecular weight is 214 g/mol. The predicted molar refractivity (Wildman–Crippen MR) is 55.5 cm³/mol. The standard InChI is InChI=1S/C9H8ClNOS/c1-5-3-6(10)4-7-8(5)11-9(12-7)13-2/h3-4H,1-2H3. The largest absolute Gasteiger partial charge is 0.431 e. The maximum absolute atomic E-state index is 5.88. The van der Waals surface area contributed by atoms with Crippen molar-refractivity contribution in [2.45, 2.75) is 12.1 Å². The fraction of sp³-hybridized carbons (Fsp3) is 0.222. The van der Waals surface area contributed by atoms with Crippen molar-refractivity contribution in [1.82, 2.24) is 4.98 Å². The molecule has 0 atom stereocenters. The Morgan fingerprint density at radius 3 is 2.92 bits per heavy atom. The van der Waals surface area contributed by atoms with E-state index in [1.54, 1.807) is 6.07 Å². The van der Waals surface area contributed by atoms with Crippen LogP contribution in [0.1, 0.15) is 5.56 Å². The second-order valence-electron chi connectivity index (χ2n) is 2.75. The molecule has 1 heterocycles. The molecule has 1 aromatic heterocycles. The summed E-state index contributed by atoms with van der Waals surface area (Å²) in [6, 6.07) is 3.67. The molecule has 0 unspecified atom stereocenters. The van der Waals surface area contributed by atoms with E-state index in [4.69, 9.17) is 16.0 Å². The minimum atomic E-state index is 0.681. The zero-order valence-corrected chi connectivity index (χ0v) is 8.87. The summed E-state index contributed by atoms with van der Waals surface area (Å²) in [6.45, 7) is 1.97. The highest BCUT2D eigenvalue weighted by atomic mass is 35.5. The lowest BCUT2D eigenvalue weighted by atomic mass is 10.2. The Kier molecular flexibility index (Phi) is 2.22. The van der Waals surface area contributed by atoms with E-state index in [0.717, 1.165) is 16.7 Å². The van der Waals surface area contributed by atoms with E-state index in [9.17, 15) is 0 Å². The number of oxazole rings is 1. The lowest BCUT2D eigenvalue weighted by Gasteiger charge is -1.92. The second-order valence-corrected chi connectivity index (χ2v) is 3.95. The SMILES string of the molecule is CSc1nc2c(C)cc(Cl)cc2o1. The summed E-state index contributed by atoms with van der Waals surface area (Å²) in [4.78, 5) is 4.31. The molecule has 0 amide bonds. The predicted octanol–water partition coefficient (Wildman–Crippen LogP) is 3.51. The molecule has 1 aromatic carbocycles. The van der Waals surface area contributed by atoms with E-state index in [-0.39, 0.29) is 0 Å². The van der Waals surface area contributed by atoms with Crippen LogP contribution in [-0.2, 0) is 0 Å². The highest BCUT2D eigenvalue weighted by Gasteiger charge is 2.07. The van der Waals surface area contributed by atoms with Gasteiger partial charge < -0.3 is 4.42 Å². The van der Waals surface area contributed by atoms with Crippen LogP contribution in [-0.4, -0.2) is 11.2 Å². The molecule has 68 valence electrons. The van der Waals surface area contributed by atoms with Gasteiger partial charge in [-0.3, -0.25) is 0 Å². The van der Waals surface area contributed by atoms with Crippen molar-refractivity contribution in [3.63, 3.8) is 0 Å². The maximum Gasteiger partial charge on any atom is 0.256 e. The molecule has 0 aliphatic heterocycles. The first kappa shape index (κ1) is 8.91. The molecule has 0 fully saturated rings. The van der Waals surface area contributed by atoms with Gasteiger partial charge in [0.05, 0.1) is 0 Å². The molecule has 4 heteroatoms. The third-order valence-electron chi connectivity index (χ3n) is 1.81. The molecule has 2 rings (SSSR count). The van der Waals surface area contributed by atoms with E-state index in [1.165, 1.54) is 11.8 Å². The first-order valence-corrected chi connectivity index (χ1v) is 5.41. The van der Waals surface area contributed by atoms with Crippen molar-refractivity contribution < 1.29 is 4.42 Å². The molecular weight excluding hydrogens is 206 g/mol. The van der Waals surface area contributed by atoms with Crippen LogP contribution in [0.4, 0.5) is 0 Å². The molecule has 2 aromatic rings. The highest BCUT2D eigenvalue weighted by molar-refractivity contribution is 7.98. The lowest BCUT2D eigenvalue weighted by molar-refractivity contribution is 0.490. The van der Waals surface area contributed by atoms with Gasteiger partial charge in [0, 0.05) is 11.1 Å². The molecule has 0 bridgehead atoms. The van der Waals surface area contributed by atoms with E-state index in [0.29, 0.717) is 10.2 Å². The first-order valence-electron chi connectivity index (χ1n) is 3.81. The average Bonchev–Trinajstić information content (AvgIpc) is 2.47. The molecule has 0 aliphatic carbocycles. The van der Waals surface area contributed by atoms with Gasteiger partial charge in [-0.05, 0) is 24.8 Å². The molecule has 0 saturated carbocycles. The summed E-state index contributed by atoms with van der Waals surface area (Å²) < 4.78 is 5.45. The van der Waals surface area contributed by atoms with Crippen LogP contribution in [0.25, 0.3) is 11.1 Å². The number of thioether (sulfide) groups is 1. The van der Waals surface area contributed by atoms with Crippen molar-refractivity contribution in [2.24, 2.45) is 0 Å². The Morgan fingerprint density at radius 1 is 1.46 bits per heavy atom. The second kappa shape index (κ2) is 3.24. The number of halogens is 1. The fourth-order valence-electron chi connectivity index (χ4n) is 1.22. The van der Waals surface area contributed by atoms with Gasteiger partial charge >= 0.3 is 0 Å². The van der Waals surface area contributed by atoms with E-state index in [2.05, 4.69) is 4.98 Å². The molecule has 0 spiro atoms. The van der Waals surface area contributed by atoms with Crippen LogP contribution in [0.3, 0.4) is 0 Å². The van der Waals surface area contributed by atoms with Crippen molar-refractivity contribution >= 4 is 34.5 Å². The third kappa shape index (κ3) is 1.54. The quantitative estimate of drug-likeness (QED) is 0.678. The van der Waals surface area contributed by atoms with Crippen LogP contribution in [0, 0.1) is 6.92 Å². The number of fused-ring (bicyclic) bond motifs is 1. The van der Waals surface area contributed by atoms with E-state index >= 15 is 0 Å². The summed E-state index contributed by atoms with van der Waals surface area (Å²) in [6.07, 6.45) is 1.93. The Morgan fingerprint density at radius 2 is 2.23 bits per heavy atom. The molecular formula is C9H8ClNOS. The Labute approximate surface area is 85.3 Å². The van der Waals surface area contributed by atoms with Crippen LogP contribution in [0.5, 0.6) is 0 Å². The molecule has 0 N–H and O–H groups in total. The minimum absolute atomic E-state index is 0.681. The topological polar surface area (TPSA) is 26.0 Å². The third-order valence-corrected chi connectivity index (χ3v) is 2.55. The van der Waals surface area contributed by atoms with Gasteiger partial charge in [0.15, 0.2) is 5.58 Å². The maximum atomic E-state index is 5.88. The monoisotopic (exact) mass is 213 g/mol. The first-order chi connectivity index (χ1) is 6.20. The van der Waals surface area contributed by atoms with Crippen LogP contribution < -0.4 is 0 Å². The van der Waals surface area contributed by atoms with Crippen LogP contribution in [0.15, 0.2) is 21.8 Å². The molecule has 2 nitrogen and oxygen atoms in total. The molecule has 0 radical (unpaired) electrons. The van der Waals surface area contributed by atoms with Crippen LogP contribution in [0.2, 0.25) is 5.02 Å².